The molecular formula is C30H32BIN6O6. The van der Waals surface area contributed by atoms with Gasteiger partial charge in [0.1, 0.15) is 11.5 Å². The Hall–Kier alpha value is -3.89. The Morgan fingerprint density at radius 1 is 0.682 bits per heavy atom. The second-order valence-corrected chi connectivity index (χ2v) is 13.2. The van der Waals surface area contributed by atoms with Crippen molar-refractivity contribution in [2.24, 2.45) is 0 Å². The number of fused-ring (bicyclic) bond motifs is 2. The normalized spacial score (nSPS) is 15.7. The number of hydrogen-bond donors (Lipinski definition) is 4. The summed E-state index contributed by atoms with van der Waals surface area (Å²) in [5.41, 5.74) is 7.79. The zero-order chi connectivity index (χ0) is 31.7. The third kappa shape index (κ3) is 5.14. The second-order valence-electron chi connectivity index (χ2n) is 12.0. The molecular weight excluding hydrogens is 678 g/mol. The quantitative estimate of drug-likeness (QED) is 0.144. The maximum atomic E-state index is 11.9. The molecule has 228 valence electrons. The first-order valence-electron chi connectivity index (χ1n) is 14.0. The third-order valence-corrected chi connectivity index (χ3v) is 9.23. The van der Waals surface area contributed by atoms with E-state index in [-0.39, 0.29) is 11.4 Å². The van der Waals surface area contributed by atoms with Crippen LogP contribution in [0.3, 0.4) is 0 Å². The Morgan fingerprint density at radius 3 is 1.61 bits per heavy atom. The number of halogens is 1. The number of aromatic nitrogens is 6. The lowest BCUT2D eigenvalue weighted by Crippen LogP contribution is -2.41. The van der Waals surface area contributed by atoms with Crippen LogP contribution in [-0.2, 0) is 9.31 Å². The van der Waals surface area contributed by atoms with Crippen LogP contribution in [0.25, 0.3) is 44.3 Å². The number of benzene rings is 2. The van der Waals surface area contributed by atoms with Gasteiger partial charge in [0.2, 0.25) is 0 Å². The van der Waals surface area contributed by atoms with Gasteiger partial charge >= 0.3 is 18.5 Å². The lowest BCUT2D eigenvalue weighted by atomic mass is 9.76. The number of aromatic amines is 4. The van der Waals surface area contributed by atoms with Crippen molar-refractivity contribution in [3.8, 4) is 22.3 Å². The molecule has 0 radical (unpaired) electrons. The first-order chi connectivity index (χ1) is 20.6. The van der Waals surface area contributed by atoms with Gasteiger partial charge in [-0.15, -0.1) is 0 Å². The average Bonchev–Trinajstić information content (AvgIpc) is 3.71. The first kappa shape index (κ1) is 30.2. The SMILES string of the molecule is Cc1noc(C)c1-c1cc(B2OC(C)(C)C(C)(C)O2)c2[nH]c(=O)[nH]c2c1.Cc1noc(C)c1-c1cc(I)c2[nH]c(=O)[nH]c2c1. The molecule has 5 heterocycles. The highest BCUT2D eigenvalue weighted by Gasteiger charge is 2.52. The maximum Gasteiger partial charge on any atom is 0.497 e. The average molecular weight is 710 g/mol. The molecule has 12 nitrogen and oxygen atoms in total. The molecule has 0 aliphatic carbocycles. The van der Waals surface area contributed by atoms with E-state index in [1.807, 2.05) is 79.7 Å². The van der Waals surface area contributed by atoms with Gasteiger partial charge < -0.3 is 38.3 Å². The van der Waals surface area contributed by atoms with Crippen molar-refractivity contribution in [3.05, 3.63) is 71.7 Å². The number of H-pyrrole nitrogens is 4. The lowest BCUT2D eigenvalue weighted by Gasteiger charge is -2.32. The zero-order valence-corrected chi connectivity index (χ0v) is 27.8. The van der Waals surface area contributed by atoms with Crippen LogP contribution in [0.5, 0.6) is 0 Å². The molecule has 0 spiro atoms. The van der Waals surface area contributed by atoms with E-state index in [1.165, 1.54) is 0 Å². The van der Waals surface area contributed by atoms with Crippen LogP contribution < -0.4 is 16.8 Å². The minimum Gasteiger partial charge on any atom is -0.399 e. The molecule has 0 amide bonds. The van der Waals surface area contributed by atoms with Gasteiger partial charge in [-0.25, -0.2) is 9.59 Å². The van der Waals surface area contributed by atoms with Crippen molar-refractivity contribution in [3.63, 3.8) is 0 Å². The van der Waals surface area contributed by atoms with Gasteiger partial charge in [-0.2, -0.15) is 0 Å². The summed E-state index contributed by atoms with van der Waals surface area (Å²) in [6, 6.07) is 7.83. The molecule has 0 bridgehead atoms. The van der Waals surface area contributed by atoms with Crippen LogP contribution in [0.1, 0.15) is 50.6 Å². The van der Waals surface area contributed by atoms with Crippen molar-refractivity contribution in [1.29, 1.82) is 0 Å². The highest BCUT2D eigenvalue weighted by atomic mass is 127. The summed E-state index contributed by atoms with van der Waals surface area (Å²) in [7, 11) is -0.589. The zero-order valence-electron chi connectivity index (χ0n) is 25.6. The summed E-state index contributed by atoms with van der Waals surface area (Å²) in [5.74, 6) is 1.50. The van der Waals surface area contributed by atoms with Crippen LogP contribution in [0.15, 0.2) is 42.9 Å². The summed E-state index contributed by atoms with van der Waals surface area (Å²) < 4.78 is 23.9. The maximum absolute atomic E-state index is 11.9. The predicted octanol–water partition coefficient (Wildman–Crippen LogP) is 5.16. The molecule has 1 aliphatic heterocycles. The van der Waals surface area contributed by atoms with E-state index < -0.39 is 18.3 Å². The van der Waals surface area contributed by atoms with Gasteiger partial charge in [-0.05, 0) is 107 Å². The molecule has 14 heteroatoms. The van der Waals surface area contributed by atoms with Crippen molar-refractivity contribution < 1.29 is 18.4 Å². The Kier molecular flexibility index (Phi) is 7.28. The molecule has 44 heavy (non-hydrogen) atoms. The number of aryl methyl sites for hydroxylation is 4. The summed E-state index contributed by atoms with van der Waals surface area (Å²) in [6.45, 7) is 15.6. The Labute approximate surface area is 265 Å². The van der Waals surface area contributed by atoms with Crippen LogP contribution >= 0.6 is 22.6 Å². The van der Waals surface area contributed by atoms with Crippen molar-refractivity contribution in [2.75, 3.05) is 0 Å². The Morgan fingerprint density at radius 2 is 1.14 bits per heavy atom. The Balaban J connectivity index is 0.000000167. The fraction of sp³-hybridized carbons (Fsp3) is 0.333. The standard InChI is InChI=1S/C18H22BN3O4.C12H10IN3O2/c1-9-14(10(2)24-22-9)11-7-12(15-13(8-11)20-16(23)21-15)19-25-17(3,4)18(5,6)26-19;1-5-10(6(2)18-16-5)7-3-8(13)11-9(4-7)14-12(17)15-11/h7-8H,1-6H3,(H2,20,21,23);3-4H,1-2H3,(H2,14,15,17). The monoisotopic (exact) mass is 710 g/mol. The first-order valence-corrected chi connectivity index (χ1v) is 15.1. The van der Waals surface area contributed by atoms with Crippen LogP contribution in [-0.4, -0.2) is 48.6 Å². The van der Waals surface area contributed by atoms with Gasteiger partial charge in [0.05, 0.1) is 44.7 Å². The van der Waals surface area contributed by atoms with E-state index in [4.69, 9.17) is 18.4 Å². The van der Waals surface area contributed by atoms with Crippen LogP contribution in [0.2, 0.25) is 0 Å². The molecule has 1 fully saturated rings. The van der Waals surface area contributed by atoms with Crippen molar-refractivity contribution >= 4 is 57.2 Å². The number of hydrogen-bond acceptors (Lipinski definition) is 8. The highest BCUT2D eigenvalue weighted by molar-refractivity contribution is 14.1. The second kappa shape index (κ2) is 10.6. The van der Waals surface area contributed by atoms with Crippen molar-refractivity contribution in [1.82, 2.24) is 30.2 Å². The summed E-state index contributed by atoms with van der Waals surface area (Å²) >= 11 is 2.20. The Bertz CT molecular complexity index is 2110. The topological polar surface area (TPSA) is 168 Å². The van der Waals surface area contributed by atoms with Gasteiger partial charge in [-0.3, -0.25) is 0 Å². The minimum absolute atomic E-state index is 0.196. The fourth-order valence-corrected chi connectivity index (χ4v) is 6.26. The lowest BCUT2D eigenvalue weighted by molar-refractivity contribution is 0.00578. The van der Waals surface area contributed by atoms with Gasteiger partial charge in [-0.1, -0.05) is 16.4 Å². The molecule has 6 aromatic rings. The number of nitrogens with one attached hydrogen (secondary N) is 4. The van der Waals surface area contributed by atoms with Gasteiger partial charge in [0, 0.05) is 20.2 Å². The predicted molar refractivity (Wildman–Crippen MR) is 176 cm³/mol. The van der Waals surface area contributed by atoms with Crippen molar-refractivity contribution in [2.45, 2.75) is 66.6 Å². The van der Waals surface area contributed by atoms with E-state index in [9.17, 15) is 9.59 Å². The highest BCUT2D eigenvalue weighted by Crippen LogP contribution is 2.38. The number of rotatable bonds is 3. The molecule has 0 unspecified atom stereocenters. The van der Waals surface area contributed by atoms with Gasteiger partial charge in [0.25, 0.3) is 0 Å². The summed E-state index contributed by atoms with van der Waals surface area (Å²) in [6.07, 6.45) is 0. The molecule has 1 saturated heterocycles. The molecule has 0 saturated carbocycles. The molecule has 7 rings (SSSR count). The molecule has 1 aliphatic rings. The third-order valence-electron chi connectivity index (χ3n) is 8.38. The summed E-state index contributed by atoms with van der Waals surface area (Å²) in [4.78, 5) is 34.5. The smallest absolute Gasteiger partial charge is 0.399 e. The molecule has 4 N–H and O–H groups in total. The van der Waals surface area contributed by atoms with Gasteiger partial charge in [0.15, 0.2) is 0 Å². The molecule has 2 aromatic carbocycles. The summed E-state index contributed by atoms with van der Waals surface area (Å²) in [5, 5.41) is 7.98. The van der Waals surface area contributed by atoms with Crippen LogP contribution in [0.4, 0.5) is 0 Å². The van der Waals surface area contributed by atoms with E-state index in [0.717, 1.165) is 65.2 Å². The largest absolute Gasteiger partial charge is 0.497 e. The molecule has 0 atom stereocenters. The number of imidazole rings is 2. The van der Waals surface area contributed by atoms with E-state index >= 15 is 0 Å². The minimum atomic E-state index is -0.589. The van der Waals surface area contributed by atoms with Crippen LogP contribution in [0, 0.1) is 31.3 Å². The van der Waals surface area contributed by atoms with E-state index in [1.54, 1.807) is 0 Å². The number of nitrogens with zero attached hydrogens (tertiary/aromatic N) is 2. The fourth-order valence-electron chi connectivity index (χ4n) is 5.50. The molecule has 4 aromatic heterocycles. The van der Waals surface area contributed by atoms with E-state index in [0.29, 0.717) is 11.0 Å². The van der Waals surface area contributed by atoms with E-state index in [2.05, 4.69) is 52.8 Å².